The molecular weight excluding hydrogens is 288 g/mol. The van der Waals surface area contributed by atoms with E-state index in [4.69, 9.17) is 11.6 Å². The average Bonchev–Trinajstić information content (AvgIpc) is 2.50. The summed E-state index contributed by atoms with van der Waals surface area (Å²) in [5, 5.41) is 9.47. The van der Waals surface area contributed by atoms with Crippen LogP contribution in [-0.2, 0) is 0 Å². The number of nitrogens with zero attached hydrogens (tertiary/aromatic N) is 1. The molecule has 0 aliphatic carbocycles. The highest BCUT2D eigenvalue weighted by Gasteiger charge is 2.08. The molecule has 1 heterocycles. The molecule has 0 unspecified atom stereocenters. The van der Waals surface area contributed by atoms with Crippen LogP contribution in [0.25, 0.3) is 6.08 Å². The smallest absolute Gasteiger partial charge is 0.318 e. The van der Waals surface area contributed by atoms with E-state index in [9.17, 15) is 4.79 Å². The standard InChI is InChI=1S/C15H21ClN4O/c16-14-4-2-1-3-13(14)5-6-18-15(21)19-9-12-20-10-7-17-8-11-20/h1-6,17H,7-12H2,(H2,18,19,21)/b6-5+. The number of amides is 2. The number of rotatable bonds is 5. The molecule has 0 radical (unpaired) electrons. The van der Waals surface area contributed by atoms with Gasteiger partial charge >= 0.3 is 6.03 Å². The summed E-state index contributed by atoms with van der Waals surface area (Å²) in [6.07, 6.45) is 3.37. The van der Waals surface area contributed by atoms with Gasteiger partial charge in [-0.3, -0.25) is 4.90 Å². The maximum Gasteiger partial charge on any atom is 0.318 e. The third-order valence-electron chi connectivity index (χ3n) is 3.31. The molecule has 0 bridgehead atoms. The zero-order valence-corrected chi connectivity index (χ0v) is 12.7. The summed E-state index contributed by atoms with van der Waals surface area (Å²) in [6, 6.07) is 7.28. The SMILES string of the molecule is O=C(N/C=C/c1ccccc1Cl)NCCN1CCNCC1. The first-order chi connectivity index (χ1) is 10.3. The molecule has 0 atom stereocenters. The van der Waals surface area contributed by atoms with Crippen LogP contribution in [0, 0.1) is 0 Å². The highest BCUT2D eigenvalue weighted by Crippen LogP contribution is 2.15. The minimum Gasteiger partial charge on any atom is -0.337 e. The Morgan fingerprint density at radius 3 is 2.86 bits per heavy atom. The lowest BCUT2D eigenvalue weighted by Crippen LogP contribution is -2.46. The largest absolute Gasteiger partial charge is 0.337 e. The summed E-state index contributed by atoms with van der Waals surface area (Å²) >= 11 is 6.02. The molecule has 0 spiro atoms. The summed E-state index contributed by atoms with van der Waals surface area (Å²) in [5.74, 6) is 0. The molecule has 1 aliphatic heterocycles. The molecule has 1 fully saturated rings. The molecular formula is C15H21ClN4O. The summed E-state index contributed by atoms with van der Waals surface area (Å²) in [5.41, 5.74) is 0.875. The summed E-state index contributed by atoms with van der Waals surface area (Å²) in [7, 11) is 0. The number of piperazine rings is 1. The Bertz CT molecular complexity index is 486. The summed E-state index contributed by atoms with van der Waals surface area (Å²) in [6.45, 7) is 5.64. The molecule has 1 aliphatic rings. The van der Waals surface area contributed by atoms with Crippen molar-refractivity contribution in [2.75, 3.05) is 39.3 Å². The predicted octanol–water partition coefficient (Wildman–Crippen LogP) is 1.52. The lowest BCUT2D eigenvalue weighted by atomic mass is 10.2. The van der Waals surface area contributed by atoms with Crippen LogP contribution in [0.3, 0.4) is 0 Å². The van der Waals surface area contributed by atoms with E-state index in [1.54, 1.807) is 12.3 Å². The molecule has 6 heteroatoms. The van der Waals surface area contributed by atoms with Gasteiger partial charge in [-0.05, 0) is 17.7 Å². The van der Waals surface area contributed by atoms with E-state index in [2.05, 4.69) is 20.9 Å². The molecule has 114 valence electrons. The molecule has 1 saturated heterocycles. The number of carbonyl (C=O) groups excluding carboxylic acids is 1. The quantitative estimate of drug-likeness (QED) is 0.773. The van der Waals surface area contributed by atoms with Crippen LogP contribution in [0.4, 0.5) is 4.79 Å². The number of benzene rings is 1. The highest BCUT2D eigenvalue weighted by molar-refractivity contribution is 6.32. The normalized spacial score (nSPS) is 16.0. The third-order valence-corrected chi connectivity index (χ3v) is 3.65. The van der Waals surface area contributed by atoms with Crippen molar-refractivity contribution >= 4 is 23.7 Å². The van der Waals surface area contributed by atoms with Crippen molar-refractivity contribution in [1.82, 2.24) is 20.9 Å². The van der Waals surface area contributed by atoms with Gasteiger partial charge in [0.15, 0.2) is 0 Å². The second-order valence-electron chi connectivity index (χ2n) is 4.85. The van der Waals surface area contributed by atoms with Gasteiger partial charge in [-0.25, -0.2) is 4.79 Å². The summed E-state index contributed by atoms with van der Waals surface area (Å²) in [4.78, 5) is 14.0. The first-order valence-corrected chi connectivity index (χ1v) is 7.52. The van der Waals surface area contributed by atoms with Crippen LogP contribution in [-0.4, -0.2) is 50.2 Å². The number of hydrogen-bond donors (Lipinski definition) is 3. The van der Waals surface area contributed by atoms with Gasteiger partial charge in [0.05, 0.1) is 0 Å². The Hall–Kier alpha value is -1.56. The zero-order chi connectivity index (χ0) is 14.9. The molecule has 0 aromatic heterocycles. The first kappa shape index (κ1) is 15.8. The van der Waals surface area contributed by atoms with Gasteiger partial charge in [-0.2, -0.15) is 0 Å². The summed E-state index contributed by atoms with van der Waals surface area (Å²) < 4.78 is 0. The molecule has 2 amide bonds. The van der Waals surface area contributed by atoms with Crippen LogP contribution in [0.2, 0.25) is 5.02 Å². The van der Waals surface area contributed by atoms with Crippen LogP contribution >= 0.6 is 11.6 Å². The molecule has 0 saturated carbocycles. The monoisotopic (exact) mass is 308 g/mol. The number of nitrogens with one attached hydrogen (secondary N) is 3. The fourth-order valence-electron chi connectivity index (χ4n) is 2.13. The number of halogens is 1. The number of hydrogen-bond acceptors (Lipinski definition) is 3. The van der Waals surface area contributed by atoms with E-state index in [-0.39, 0.29) is 6.03 Å². The van der Waals surface area contributed by atoms with E-state index in [1.165, 1.54) is 0 Å². The second-order valence-corrected chi connectivity index (χ2v) is 5.25. The predicted molar refractivity (Wildman–Crippen MR) is 86.3 cm³/mol. The number of carbonyl (C=O) groups is 1. The highest BCUT2D eigenvalue weighted by atomic mass is 35.5. The maximum absolute atomic E-state index is 11.6. The van der Waals surface area contributed by atoms with Gasteiger partial charge in [-0.15, -0.1) is 0 Å². The van der Waals surface area contributed by atoms with Gasteiger partial charge < -0.3 is 16.0 Å². The Balaban J connectivity index is 1.64. The van der Waals surface area contributed by atoms with Crippen molar-refractivity contribution in [3.8, 4) is 0 Å². The van der Waals surface area contributed by atoms with Crippen molar-refractivity contribution in [3.05, 3.63) is 41.1 Å². The lowest BCUT2D eigenvalue weighted by Gasteiger charge is -2.26. The van der Waals surface area contributed by atoms with E-state index in [0.29, 0.717) is 11.6 Å². The van der Waals surface area contributed by atoms with E-state index in [1.807, 2.05) is 24.3 Å². The van der Waals surface area contributed by atoms with Crippen molar-refractivity contribution in [2.24, 2.45) is 0 Å². The van der Waals surface area contributed by atoms with Gasteiger partial charge in [0.25, 0.3) is 0 Å². The second kappa shape index (κ2) is 8.67. The van der Waals surface area contributed by atoms with Gasteiger partial charge in [-0.1, -0.05) is 29.8 Å². The molecule has 2 rings (SSSR count). The Labute approximate surface area is 130 Å². The first-order valence-electron chi connectivity index (χ1n) is 7.14. The minimum atomic E-state index is -0.201. The molecule has 1 aromatic carbocycles. The van der Waals surface area contributed by atoms with Gasteiger partial charge in [0, 0.05) is 50.5 Å². The molecule has 1 aromatic rings. The maximum atomic E-state index is 11.6. The molecule has 5 nitrogen and oxygen atoms in total. The fraction of sp³-hybridized carbons (Fsp3) is 0.400. The zero-order valence-electron chi connectivity index (χ0n) is 11.9. The van der Waals surface area contributed by atoms with Crippen molar-refractivity contribution in [2.45, 2.75) is 0 Å². The van der Waals surface area contributed by atoms with Crippen molar-refractivity contribution in [3.63, 3.8) is 0 Å². The van der Waals surface area contributed by atoms with Crippen molar-refractivity contribution < 1.29 is 4.79 Å². The van der Waals surface area contributed by atoms with E-state index in [0.717, 1.165) is 38.3 Å². The molecule has 21 heavy (non-hydrogen) atoms. The average molecular weight is 309 g/mol. The Morgan fingerprint density at radius 2 is 2.10 bits per heavy atom. The van der Waals surface area contributed by atoms with E-state index < -0.39 is 0 Å². The topological polar surface area (TPSA) is 56.4 Å². The van der Waals surface area contributed by atoms with Crippen LogP contribution < -0.4 is 16.0 Å². The van der Waals surface area contributed by atoms with Crippen molar-refractivity contribution in [1.29, 1.82) is 0 Å². The Kier molecular flexibility index (Phi) is 6.53. The van der Waals surface area contributed by atoms with Gasteiger partial charge in [0.2, 0.25) is 0 Å². The van der Waals surface area contributed by atoms with Crippen LogP contribution in [0.5, 0.6) is 0 Å². The number of urea groups is 1. The fourth-order valence-corrected chi connectivity index (χ4v) is 2.33. The minimum absolute atomic E-state index is 0.201. The lowest BCUT2D eigenvalue weighted by molar-refractivity contribution is 0.229. The molecule has 3 N–H and O–H groups in total. The van der Waals surface area contributed by atoms with Crippen LogP contribution in [0.1, 0.15) is 5.56 Å². The van der Waals surface area contributed by atoms with Crippen LogP contribution in [0.15, 0.2) is 30.5 Å². The van der Waals surface area contributed by atoms with Gasteiger partial charge in [0.1, 0.15) is 0 Å². The van der Waals surface area contributed by atoms with E-state index >= 15 is 0 Å². The Morgan fingerprint density at radius 1 is 1.33 bits per heavy atom. The third kappa shape index (κ3) is 5.75.